The molecule has 106 valence electrons. The van der Waals surface area contributed by atoms with E-state index in [4.69, 9.17) is 4.74 Å². The first-order valence-electron chi connectivity index (χ1n) is 6.73. The minimum atomic E-state index is -0.379. The quantitative estimate of drug-likeness (QED) is 0.734. The maximum atomic E-state index is 10.9. The Balaban J connectivity index is 2.41. The van der Waals surface area contributed by atoms with E-state index in [9.17, 15) is 4.79 Å². The number of methoxy groups -OCH3 is 1. The average molecular weight is 265 g/mol. The molecule has 0 atom stereocenters. The molecule has 1 aromatic carbocycles. The van der Waals surface area contributed by atoms with E-state index < -0.39 is 0 Å². The number of carbonyl (C=O) groups excluding carboxylic acids is 1. The van der Waals surface area contributed by atoms with Crippen molar-refractivity contribution in [1.29, 1.82) is 0 Å². The molecule has 0 radical (unpaired) electrons. The molecule has 0 aromatic heterocycles. The Kier molecular flexibility index (Phi) is 6.79. The summed E-state index contributed by atoms with van der Waals surface area (Å²) in [5.74, 6) is 0.990. The fourth-order valence-corrected chi connectivity index (χ4v) is 1.71. The van der Waals surface area contributed by atoms with Crippen molar-refractivity contribution >= 4 is 11.7 Å². The topological polar surface area (TPSA) is 47.6 Å². The normalized spacial score (nSPS) is 10.3. The number of ether oxygens (including phenoxy) is 2. The Morgan fingerprint density at radius 1 is 1.21 bits per heavy atom. The number of benzene rings is 1. The Morgan fingerprint density at radius 3 is 2.37 bits per heavy atom. The lowest BCUT2D eigenvalue weighted by Crippen LogP contribution is -2.13. The zero-order chi connectivity index (χ0) is 14.1. The highest BCUT2D eigenvalue weighted by Gasteiger charge is 2.04. The molecule has 4 nitrogen and oxygen atoms in total. The molecule has 1 rings (SSSR count). The van der Waals surface area contributed by atoms with Gasteiger partial charge in [-0.2, -0.15) is 0 Å². The predicted octanol–water partition coefficient (Wildman–Crippen LogP) is 3.09. The van der Waals surface area contributed by atoms with E-state index in [1.807, 2.05) is 24.3 Å². The Labute approximate surface area is 115 Å². The second kappa shape index (κ2) is 8.40. The van der Waals surface area contributed by atoms with Gasteiger partial charge in [-0.15, -0.1) is 0 Å². The van der Waals surface area contributed by atoms with Crippen molar-refractivity contribution in [2.75, 3.05) is 25.6 Å². The Morgan fingerprint density at radius 2 is 1.84 bits per heavy atom. The minimum absolute atomic E-state index is 0.0585. The third-order valence-electron chi connectivity index (χ3n) is 3.19. The van der Waals surface area contributed by atoms with Gasteiger partial charge in [0.05, 0.1) is 7.11 Å². The molecule has 0 amide bonds. The van der Waals surface area contributed by atoms with Crippen molar-refractivity contribution in [3.63, 3.8) is 0 Å². The summed E-state index contributed by atoms with van der Waals surface area (Å²) in [6.45, 7) is 5.34. The van der Waals surface area contributed by atoms with Gasteiger partial charge >= 0.3 is 5.97 Å². The zero-order valence-corrected chi connectivity index (χ0v) is 11.9. The highest BCUT2D eigenvalue weighted by atomic mass is 16.6. The lowest BCUT2D eigenvalue weighted by molar-refractivity contribution is -0.142. The molecule has 0 bridgehead atoms. The Bertz CT molecular complexity index is 371. The van der Waals surface area contributed by atoms with Crippen LogP contribution in [-0.2, 0) is 9.53 Å². The van der Waals surface area contributed by atoms with Gasteiger partial charge in [-0.05, 0) is 30.2 Å². The van der Waals surface area contributed by atoms with E-state index in [-0.39, 0.29) is 12.6 Å². The summed E-state index contributed by atoms with van der Waals surface area (Å²) in [6, 6.07) is 7.60. The Hall–Kier alpha value is -1.71. The van der Waals surface area contributed by atoms with Crippen molar-refractivity contribution in [2.45, 2.75) is 26.7 Å². The highest BCUT2D eigenvalue weighted by Crippen LogP contribution is 2.17. The smallest absolute Gasteiger partial charge is 0.343 e. The van der Waals surface area contributed by atoms with Crippen LogP contribution in [0.1, 0.15) is 26.7 Å². The van der Waals surface area contributed by atoms with Gasteiger partial charge in [-0.25, -0.2) is 4.79 Å². The van der Waals surface area contributed by atoms with Crippen molar-refractivity contribution < 1.29 is 14.3 Å². The predicted molar refractivity (Wildman–Crippen MR) is 76.5 cm³/mol. The van der Waals surface area contributed by atoms with Crippen LogP contribution >= 0.6 is 0 Å². The number of hydrogen-bond donors (Lipinski definition) is 1. The van der Waals surface area contributed by atoms with Crippen LogP contribution in [0.15, 0.2) is 24.3 Å². The lowest BCUT2D eigenvalue weighted by atomic mass is 10.0. The fourth-order valence-electron chi connectivity index (χ4n) is 1.71. The van der Waals surface area contributed by atoms with Crippen molar-refractivity contribution in [2.24, 2.45) is 5.92 Å². The lowest BCUT2D eigenvalue weighted by Gasteiger charge is -2.14. The van der Waals surface area contributed by atoms with Crippen LogP contribution in [0.3, 0.4) is 0 Å². The van der Waals surface area contributed by atoms with E-state index in [0.717, 1.165) is 12.2 Å². The zero-order valence-electron chi connectivity index (χ0n) is 11.9. The van der Waals surface area contributed by atoms with E-state index >= 15 is 0 Å². The van der Waals surface area contributed by atoms with E-state index in [2.05, 4.69) is 23.9 Å². The number of nitrogens with one attached hydrogen (secondary N) is 1. The first-order valence-corrected chi connectivity index (χ1v) is 6.73. The fraction of sp³-hybridized carbons (Fsp3) is 0.533. The molecule has 1 aromatic rings. The highest BCUT2D eigenvalue weighted by molar-refractivity contribution is 5.70. The van der Waals surface area contributed by atoms with E-state index in [1.165, 1.54) is 20.0 Å². The third kappa shape index (κ3) is 5.64. The van der Waals surface area contributed by atoms with Crippen molar-refractivity contribution in [3.8, 4) is 5.75 Å². The average Bonchev–Trinajstić information content (AvgIpc) is 2.47. The van der Waals surface area contributed by atoms with Crippen LogP contribution in [0.4, 0.5) is 5.69 Å². The molecular formula is C15H23NO3. The van der Waals surface area contributed by atoms with Crippen molar-refractivity contribution in [1.82, 2.24) is 0 Å². The molecule has 0 unspecified atom stereocenters. The molecule has 0 fully saturated rings. The molecule has 1 N–H and O–H groups in total. The number of hydrogen-bond acceptors (Lipinski definition) is 4. The third-order valence-corrected chi connectivity index (χ3v) is 3.19. The molecule has 0 aliphatic heterocycles. The van der Waals surface area contributed by atoms with Crippen LogP contribution in [0.5, 0.6) is 5.75 Å². The monoisotopic (exact) mass is 265 g/mol. The van der Waals surface area contributed by atoms with Gasteiger partial charge in [-0.1, -0.05) is 26.7 Å². The number of anilines is 1. The van der Waals surface area contributed by atoms with Crippen LogP contribution in [-0.4, -0.2) is 26.2 Å². The molecule has 4 heteroatoms. The second-order valence-electron chi connectivity index (χ2n) is 4.45. The summed E-state index contributed by atoms with van der Waals surface area (Å²) in [4.78, 5) is 10.9. The van der Waals surface area contributed by atoms with Crippen molar-refractivity contribution in [3.05, 3.63) is 24.3 Å². The van der Waals surface area contributed by atoms with Crippen LogP contribution in [0, 0.1) is 5.92 Å². The summed E-state index contributed by atoms with van der Waals surface area (Å²) >= 11 is 0. The van der Waals surface area contributed by atoms with Gasteiger partial charge in [0.25, 0.3) is 0 Å². The first kappa shape index (κ1) is 15.3. The number of rotatable bonds is 8. The summed E-state index contributed by atoms with van der Waals surface area (Å²) in [7, 11) is 1.34. The molecule has 19 heavy (non-hydrogen) atoms. The second-order valence-corrected chi connectivity index (χ2v) is 4.45. The molecule has 0 heterocycles. The van der Waals surface area contributed by atoms with Gasteiger partial charge in [0, 0.05) is 12.2 Å². The van der Waals surface area contributed by atoms with Gasteiger partial charge in [0.1, 0.15) is 5.75 Å². The van der Waals surface area contributed by atoms with Crippen LogP contribution in [0.25, 0.3) is 0 Å². The van der Waals surface area contributed by atoms with E-state index in [0.29, 0.717) is 11.7 Å². The summed E-state index contributed by atoms with van der Waals surface area (Å²) in [6.07, 6.45) is 2.37. The largest absolute Gasteiger partial charge is 0.482 e. The van der Waals surface area contributed by atoms with E-state index in [1.54, 1.807) is 0 Å². The number of carbonyl (C=O) groups is 1. The molecular weight excluding hydrogens is 242 g/mol. The van der Waals surface area contributed by atoms with Gasteiger partial charge < -0.3 is 14.8 Å². The summed E-state index contributed by atoms with van der Waals surface area (Å²) in [5.41, 5.74) is 1.07. The van der Waals surface area contributed by atoms with Crippen LogP contribution < -0.4 is 10.1 Å². The molecule has 0 saturated carbocycles. The van der Waals surface area contributed by atoms with Gasteiger partial charge in [-0.3, -0.25) is 0 Å². The van der Waals surface area contributed by atoms with Gasteiger partial charge in [0.15, 0.2) is 6.61 Å². The summed E-state index contributed by atoms with van der Waals surface area (Å²) < 4.78 is 9.79. The summed E-state index contributed by atoms with van der Waals surface area (Å²) in [5, 5.41) is 3.40. The molecule has 0 spiro atoms. The maximum Gasteiger partial charge on any atom is 0.343 e. The minimum Gasteiger partial charge on any atom is -0.482 e. The SMILES string of the molecule is CCC(CC)CNc1ccc(OCC(=O)OC)cc1. The standard InChI is InChI=1S/C15H23NO3/c1-4-12(5-2)10-16-13-6-8-14(9-7-13)19-11-15(17)18-3/h6-9,12,16H,4-5,10-11H2,1-3H3. The van der Waals surface area contributed by atoms with Gasteiger partial charge in [0.2, 0.25) is 0 Å². The molecule has 0 saturated heterocycles. The maximum absolute atomic E-state index is 10.9. The molecule has 0 aliphatic carbocycles. The molecule has 0 aliphatic rings. The van der Waals surface area contributed by atoms with Crippen LogP contribution in [0.2, 0.25) is 0 Å². The number of esters is 1. The first-order chi connectivity index (χ1) is 9.19.